The minimum Gasteiger partial charge on any atom is -0.358 e. The van der Waals surface area contributed by atoms with Gasteiger partial charge in [0, 0.05) is 5.41 Å². The number of halogens is 1. The first kappa shape index (κ1) is 7.48. The van der Waals surface area contributed by atoms with E-state index >= 15 is 0 Å². The van der Waals surface area contributed by atoms with E-state index in [9.17, 15) is 4.39 Å². The quantitative estimate of drug-likeness (QED) is 0.546. The van der Waals surface area contributed by atoms with Gasteiger partial charge in [-0.15, -0.1) is 0 Å². The highest BCUT2D eigenvalue weighted by atomic mass is 19.2. The lowest BCUT2D eigenvalue weighted by atomic mass is 9.81. The number of aliphatic hydroxyl groups is 1. The number of hydrogen-bond acceptors (Lipinski definition) is 1. The van der Waals surface area contributed by atoms with E-state index in [0.29, 0.717) is 0 Å². The molecule has 0 bridgehead atoms. The fourth-order valence-electron chi connectivity index (χ4n) is 0.811. The number of hydrogen-bond donors (Lipinski definition) is 1. The average Bonchev–Trinajstić information content (AvgIpc) is 1.77. The molecule has 0 saturated heterocycles. The summed E-state index contributed by atoms with van der Waals surface area (Å²) in [6.07, 6.45) is 6.04. The Bertz CT molecular complexity index is 167. The van der Waals surface area contributed by atoms with Crippen molar-refractivity contribution in [2.75, 3.05) is 0 Å². The molecule has 1 aliphatic rings. The zero-order valence-corrected chi connectivity index (χ0v) is 6.13. The summed E-state index contributed by atoms with van der Waals surface area (Å²) in [6.45, 7) is 3.29. The lowest BCUT2D eigenvalue weighted by Crippen LogP contribution is -2.38. The number of allylic oxidation sites excluding steroid dienone is 2. The summed E-state index contributed by atoms with van der Waals surface area (Å²) in [4.78, 5) is 0. The molecular formula is C8H11FO. The summed E-state index contributed by atoms with van der Waals surface area (Å²) in [5.41, 5.74) is -0.804. The van der Waals surface area contributed by atoms with Crippen molar-refractivity contribution in [1.29, 1.82) is 0 Å². The molecule has 0 saturated carbocycles. The summed E-state index contributed by atoms with van der Waals surface area (Å²) in [5.74, 6) is -2.19. The molecular weight excluding hydrogens is 131 g/mol. The topological polar surface area (TPSA) is 20.2 Å². The Morgan fingerprint density at radius 2 is 1.70 bits per heavy atom. The Morgan fingerprint density at radius 1 is 1.20 bits per heavy atom. The van der Waals surface area contributed by atoms with E-state index in [4.69, 9.17) is 5.11 Å². The van der Waals surface area contributed by atoms with Crippen LogP contribution in [0.4, 0.5) is 4.39 Å². The predicted octanol–water partition coefficient (Wildman–Crippen LogP) is 1.80. The second-order valence-electron chi connectivity index (χ2n) is 3.11. The Balaban J connectivity index is 2.96. The molecule has 0 fully saturated rings. The van der Waals surface area contributed by atoms with Crippen molar-refractivity contribution in [3.8, 4) is 0 Å². The zero-order valence-electron chi connectivity index (χ0n) is 6.13. The Kier molecular flexibility index (Phi) is 1.44. The molecule has 0 aromatic carbocycles. The molecule has 2 heteroatoms. The number of alkyl halides is 1. The first-order chi connectivity index (χ1) is 4.46. The van der Waals surface area contributed by atoms with Gasteiger partial charge in [0.1, 0.15) is 0 Å². The van der Waals surface area contributed by atoms with Gasteiger partial charge in [0.15, 0.2) is 0 Å². The van der Waals surface area contributed by atoms with Gasteiger partial charge in [0.05, 0.1) is 0 Å². The molecule has 1 nitrogen and oxygen atoms in total. The minimum atomic E-state index is -2.19. The van der Waals surface area contributed by atoms with Crippen molar-refractivity contribution in [2.45, 2.75) is 19.7 Å². The highest BCUT2D eigenvalue weighted by Gasteiger charge is 2.40. The van der Waals surface area contributed by atoms with Crippen LogP contribution in [0.5, 0.6) is 0 Å². The van der Waals surface area contributed by atoms with E-state index < -0.39 is 11.3 Å². The fraction of sp³-hybridized carbons (Fsp3) is 0.500. The van der Waals surface area contributed by atoms with Gasteiger partial charge in [-0.2, -0.15) is 0 Å². The van der Waals surface area contributed by atoms with Crippen LogP contribution in [0.2, 0.25) is 0 Å². The van der Waals surface area contributed by atoms with Crippen LogP contribution in [-0.2, 0) is 0 Å². The molecule has 1 aliphatic carbocycles. The molecule has 1 N–H and O–H groups in total. The van der Waals surface area contributed by atoms with Crippen molar-refractivity contribution in [3.05, 3.63) is 24.3 Å². The third kappa shape index (κ3) is 0.991. The first-order valence-electron chi connectivity index (χ1n) is 3.24. The maximum Gasteiger partial charge on any atom is 0.234 e. The molecule has 0 heterocycles. The normalized spacial score (nSPS) is 36.4. The lowest BCUT2D eigenvalue weighted by Gasteiger charge is -2.32. The standard InChI is InChI=1S/C8H11FO/c1-7(2)5-3-4-6-8(7,9)10/h3-6,10H,1-2H3. The first-order valence-corrected chi connectivity index (χ1v) is 3.24. The van der Waals surface area contributed by atoms with E-state index in [1.165, 1.54) is 6.08 Å². The smallest absolute Gasteiger partial charge is 0.234 e. The van der Waals surface area contributed by atoms with Crippen molar-refractivity contribution >= 4 is 0 Å². The molecule has 0 spiro atoms. The molecule has 0 aliphatic heterocycles. The second kappa shape index (κ2) is 1.92. The van der Waals surface area contributed by atoms with Gasteiger partial charge in [-0.3, -0.25) is 0 Å². The maximum absolute atomic E-state index is 13.1. The van der Waals surface area contributed by atoms with E-state index in [-0.39, 0.29) is 0 Å². The number of rotatable bonds is 0. The molecule has 0 radical (unpaired) electrons. The molecule has 1 unspecified atom stereocenters. The highest BCUT2D eigenvalue weighted by molar-refractivity contribution is 5.21. The highest BCUT2D eigenvalue weighted by Crippen LogP contribution is 2.36. The van der Waals surface area contributed by atoms with Crippen molar-refractivity contribution in [3.63, 3.8) is 0 Å². The van der Waals surface area contributed by atoms with Crippen LogP contribution in [-0.4, -0.2) is 11.0 Å². The largest absolute Gasteiger partial charge is 0.358 e. The molecule has 56 valence electrons. The van der Waals surface area contributed by atoms with Crippen LogP contribution < -0.4 is 0 Å². The molecule has 10 heavy (non-hydrogen) atoms. The Morgan fingerprint density at radius 3 is 2.00 bits per heavy atom. The molecule has 1 atom stereocenters. The summed E-state index contributed by atoms with van der Waals surface area (Å²) < 4.78 is 13.1. The van der Waals surface area contributed by atoms with Gasteiger partial charge in [-0.1, -0.05) is 32.1 Å². The fourth-order valence-corrected chi connectivity index (χ4v) is 0.811. The van der Waals surface area contributed by atoms with Crippen LogP contribution in [0.15, 0.2) is 24.3 Å². The molecule has 0 aromatic heterocycles. The van der Waals surface area contributed by atoms with E-state index in [0.717, 1.165) is 6.08 Å². The molecule has 0 amide bonds. The van der Waals surface area contributed by atoms with Crippen molar-refractivity contribution in [1.82, 2.24) is 0 Å². The van der Waals surface area contributed by atoms with Crippen LogP contribution in [0.3, 0.4) is 0 Å². The molecule has 0 aromatic rings. The van der Waals surface area contributed by atoms with Gasteiger partial charge < -0.3 is 5.11 Å². The third-order valence-electron chi connectivity index (χ3n) is 1.84. The summed E-state index contributed by atoms with van der Waals surface area (Å²) >= 11 is 0. The Hall–Kier alpha value is -0.630. The van der Waals surface area contributed by atoms with Gasteiger partial charge in [0.2, 0.25) is 5.85 Å². The Labute approximate surface area is 59.9 Å². The van der Waals surface area contributed by atoms with Gasteiger partial charge >= 0.3 is 0 Å². The van der Waals surface area contributed by atoms with Crippen molar-refractivity contribution < 1.29 is 9.50 Å². The van der Waals surface area contributed by atoms with Gasteiger partial charge in [-0.05, 0) is 6.08 Å². The summed E-state index contributed by atoms with van der Waals surface area (Å²) in [5, 5.41) is 9.10. The van der Waals surface area contributed by atoms with Crippen LogP contribution in [0, 0.1) is 5.41 Å². The predicted molar refractivity (Wildman–Crippen MR) is 38.1 cm³/mol. The maximum atomic E-state index is 13.1. The van der Waals surface area contributed by atoms with Crippen molar-refractivity contribution in [2.24, 2.45) is 5.41 Å². The van der Waals surface area contributed by atoms with Gasteiger partial charge in [-0.25, -0.2) is 4.39 Å². The lowest BCUT2D eigenvalue weighted by molar-refractivity contribution is -0.113. The monoisotopic (exact) mass is 142 g/mol. The zero-order chi connectivity index (χ0) is 7.83. The van der Waals surface area contributed by atoms with Crippen LogP contribution in [0.1, 0.15) is 13.8 Å². The average molecular weight is 142 g/mol. The van der Waals surface area contributed by atoms with Gasteiger partial charge in [0.25, 0.3) is 0 Å². The van der Waals surface area contributed by atoms with E-state index in [1.807, 2.05) is 0 Å². The van der Waals surface area contributed by atoms with Crippen LogP contribution >= 0.6 is 0 Å². The van der Waals surface area contributed by atoms with E-state index in [1.54, 1.807) is 26.0 Å². The van der Waals surface area contributed by atoms with Crippen LogP contribution in [0.25, 0.3) is 0 Å². The second-order valence-corrected chi connectivity index (χ2v) is 3.11. The minimum absolute atomic E-state index is 0.804. The summed E-state index contributed by atoms with van der Waals surface area (Å²) in [7, 11) is 0. The van der Waals surface area contributed by atoms with E-state index in [2.05, 4.69) is 0 Å². The third-order valence-corrected chi connectivity index (χ3v) is 1.84. The molecule has 1 rings (SSSR count). The summed E-state index contributed by atoms with van der Waals surface area (Å²) in [6, 6.07) is 0. The SMILES string of the molecule is CC1(C)C=CC=CC1(O)F.